The van der Waals surface area contributed by atoms with Crippen LogP contribution in [0.1, 0.15) is 25.3 Å². The first-order valence-electron chi connectivity index (χ1n) is 5.58. The van der Waals surface area contributed by atoms with E-state index in [0.29, 0.717) is 24.5 Å². The van der Waals surface area contributed by atoms with Crippen molar-refractivity contribution in [3.05, 3.63) is 29.8 Å². The van der Waals surface area contributed by atoms with Crippen molar-refractivity contribution < 1.29 is 9.47 Å². The molecule has 0 aliphatic heterocycles. The van der Waals surface area contributed by atoms with Gasteiger partial charge in [-0.15, -0.1) is 0 Å². The highest BCUT2D eigenvalue weighted by Gasteiger charge is 2.00. The van der Waals surface area contributed by atoms with E-state index in [-0.39, 0.29) is 0 Å². The fourth-order valence-corrected chi connectivity index (χ4v) is 1.24. The lowest BCUT2D eigenvalue weighted by molar-refractivity contribution is 0.0980. The molecule has 0 bridgehead atoms. The van der Waals surface area contributed by atoms with Crippen LogP contribution >= 0.6 is 0 Å². The maximum absolute atomic E-state index is 8.83. The topological polar surface area (TPSA) is 42.2 Å². The van der Waals surface area contributed by atoms with E-state index >= 15 is 0 Å². The van der Waals surface area contributed by atoms with Gasteiger partial charge in [0.15, 0.2) is 0 Å². The van der Waals surface area contributed by atoms with Gasteiger partial charge in [-0.2, -0.15) is 5.26 Å². The Labute approximate surface area is 96.6 Å². The number of rotatable bonds is 7. The number of nitriles is 1. The van der Waals surface area contributed by atoms with Gasteiger partial charge in [-0.3, -0.25) is 0 Å². The highest BCUT2D eigenvalue weighted by atomic mass is 16.5. The average molecular weight is 219 g/mol. The second-order valence-electron chi connectivity index (χ2n) is 3.42. The molecule has 0 aromatic heterocycles. The summed E-state index contributed by atoms with van der Waals surface area (Å²) in [6, 6.07) is 9.31. The molecule has 0 aliphatic rings. The standard InChI is InChI=1S/C13H17NO2/c1-2-3-8-15-9-10-16-13-7-5-4-6-12(13)11-14/h4-7H,2-3,8-10H2,1H3. The third kappa shape index (κ3) is 4.33. The lowest BCUT2D eigenvalue weighted by Gasteiger charge is -2.07. The molecule has 0 spiro atoms. The number of benzene rings is 1. The molecule has 1 rings (SSSR count). The van der Waals surface area contributed by atoms with Gasteiger partial charge in [0.05, 0.1) is 12.2 Å². The molecule has 0 atom stereocenters. The number of para-hydroxylation sites is 1. The van der Waals surface area contributed by atoms with E-state index in [2.05, 4.69) is 13.0 Å². The van der Waals surface area contributed by atoms with Crippen LogP contribution in [0.15, 0.2) is 24.3 Å². The molecular weight excluding hydrogens is 202 g/mol. The number of hydrogen-bond acceptors (Lipinski definition) is 3. The summed E-state index contributed by atoms with van der Waals surface area (Å²) in [5, 5.41) is 8.83. The molecule has 0 aliphatic carbocycles. The van der Waals surface area contributed by atoms with Gasteiger partial charge in [-0.05, 0) is 18.6 Å². The Morgan fingerprint density at radius 1 is 1.19 bits per heavy atom. The largest absolute Gasteiger partial charge is 0.490 e. The molecule has 0 fully saturated rings. The molecule has 0 radical (unpaired) electrons. The van der Waals surface area contributed by atoms with Gasteiger partial charge in [0.25, 0.3) is 0 Å². The summed E-state index contributed by atoms with van der Waals surface area (Å²) >= 11 is 0. The molecule has 16 heavy (non-hydrogen) atoms. The highest BCUT2D eigenvalue weighted by Crippen LogP contribution is 2.16. The molecule has 0 unspecified atom stereocenters. The Hall–Kier alpha value is -1.53. The van der Waals surface area contributed by atoms with Crippen LogP contribution in [0.25, 0.3) is 0 Å². The van der Waals surface area contributed by atoms with Gasteiger partial charge < -0.3 is 9.47 Å². The van der Waals surface area contributed by atoms with Gasteiger partial charge in [0.1, 0.15) is 18.4 Å². The number of unbranched alkanes of at least 4 members (excludes halogenated alkanes) is 1. The van der Waals surface area contributed by atoms with Crippen molar-refractivity contribution in [3.8, 4) is 11.8 Å². The fourth-order valence-electron chi connectivity index (χ4n) is 1.24. The first kappa shape index (κ1) is 12.5. The summed E-state index contributed by atoms with van der Waals surface area (Å²) in [6.45, 7) is 3.96. The Morgan fingerprint density at radius 2 is 2.00 bits per heavy atom. The fraction of sp³-hybridized carbons (Fsp3) is 0.462. The molecule has 1 aromatic rings. The second-order valence-corrected chi connectivity index (χ2v) is 3.42. The molecule has 0 heterocycles. The van der Waals surface area contributed by atoms with Gasteiger partial charge >= 0.3 is 0 Å². The minimum absolute atomic E-state index is 0.488. The van der Waals surface area contributed by atoms with Crippen LogP contribution in [0, 0.1) is 11.3 Å². The van der Waals surface area contributed by atoms with Crippen molar-refractivity contribution in [1.29, 1.82) is 5.26 Å². The summed E-state index contributed by atoms with van der Waals surface area (Å²) in [7, 11) is 0. The summed E-state index contributed by atoms with van der Waals surface area (Å²) in [5.74, 6) is 0.629. The number of ether oxygens (including phenoxy) is 2. The molecular formula is C13H17NO2. The molecule has 86 valence electrons. The summed E-state index contributed by atoms with van der Waals surface area (Å²) in [5.41, 5.74) is 0.566. The number of nitrogens with zero attached hydrogens (tertiary/aromatic N) is 1. The third-order valence-electron chi connectivity index (χ3n) is 2.13. The Bertz CT molecular complexity index is 344. The lowest BCUT2D eigenvalue weighted by atomic mass is 10.2. The predicted octanol–water partition coefficient (Wildman–Crippen LogP) is 2.75. The second kappa shape index (κ2) is 7.72. The van der Waals surface area contributed by atoms with Crippen molar-refractivity contribution in [3.63, 3.8) is 0 Å². The quantitative estimate of drug-likeness (QED) is 0.662. The molecule has 1 aromatic carbocycles. The van der Waals surface area contributed by atoms with E-state index in [1.807, 2.05) is 12.1 Å². The molecule has 0 saturated carbocycles. The van der Waals surface area contributed by atoms with Crippen LogP contribution in [0.5, 0.6) is 5.75 Å². The van der Waals surface area contributed by atoms with Crippen molar-refractivity contribution in [2.45, 2.75) is 19.8 Å². The molecule has 0 N–H and O–H groups in total. The molecule has 0 amide bonds. The zero-order valence-corrected chi connectivity index (χ0v) is 9.61. The minimum atomic E-state index is 0.488. The van der Waals surface area contributed by atoms with E-state index in [1.54, 1.807) is 12.1 Å². The predicted molar refractivity (Wildman–Crippen MR) is 62.4 cm³/mol. The molecule has 3 nitrogen and oxygen atoms in total. The van der Waals surface area contributed by atoms with E-state index in [0.717, 1.165) is 19.4 Å². The minimum Gasteiger partial charge on any atom is -0.490 e. The SMILES string of the molecule is CCCCOCCOc1ccccc1C#N. The summed E-state index contributed by atoms with van der Waals surface area (Å²) in [6.07, 6.45) is 2.22. The normalized spacial score (nSPS) is 9.75. The van der Waals surface area contributed by atoms with Crippen LogP contribution in [-0.2, 0) is 4.74 Å². The van der Waals surface area contributed by atoms with Gasteiger partial charge in [-0.25, -0.2) is 0 Å². The first-order chi connectivity index (χ1) is 7.88. The smallest absolute Gasteiger partial charge is 0.137 e. The maximum Gasteiger partial charge on any atom is 0.137 e. The number of hydrogen-bond donors (Lipinski definition) is 0. The van der Waals surface area contributed by atoms with Crippen molar-refractivity contribution >= 4 is 0 Å². The van der Waals surface area contributed by atoms with Crippen molar-refractivity contribution in [1.82, 2.24) is 0 Å². The zero-order valence-electron chi connectivity index (χ0n) is 9.61. The molecule has 0 saturated heterocycles. The van der Waals surface area contributed by atoms with Crippen LogP contribution in [-0.4, -0.2) is 19.8 Å². The van der Waals surface area contributed by atoms with E-state index in [4.69, 9.17) is 14.7 Å². The van der Waals surface area contributed by atoms with Crippen LogP contribution < -0.4 is 4.74 Å². The maximum atomic E-state index is 8.83. The highest BCUT2D eigenvalue weighted by molar-refractivity contribution is 5.42. The average Bonchev–Trinajstić information content (AvgIpc) is 2.34. The van der Waals surface area contributed by atoms with Crippen molar-refractivity contribution in [2.24, 2.45) is 0 Å². The molecule has 3 heteroatoms. The van der Waals surface area contributed by atoms with E-state index in [9.17, 15) is 0 Å². The Balaban J connectivity index is 2.24. The van der Waals surface area contributed by atoms with E-state index < -0.39 is 0 Å². The van der Waals surface area contributed by atoms with Crippen molar-refractivity contribution in [2.75, 3.05) is 19.8 Å². The lowest BCUT2D eigenvalue weighted by Crippen LogP contribution is -2.08. The zero-order chi connectivity index (χ0) is 11.6. The Kier molecular flexibility index (Phi) is 6.05. The van der Waals surface area contributed by atoms with Crippen LogP contribution in [0.2, 0.25) is 0 Å². The van der Waals surface area contributed by atoms with Gasteiger partial charge in [0.2, 0.25) is 0 Å². The first-order valence-corrected chi connectivity index (χ1v) is 5.58. The summed E-state index contributed by atoms with van der Waals surface area (Å²) in [4.78, 5) is 0. The third-order valence-corrected chi connectivity index (χ3v) is 2.13. The summed E-state index contributed by atoms with van der Waals surface area (Å²) < 4.78 is 10.8. The van der Waals surface area contributed by atoms with E-state index in [1.165, 1.54) is 0 Å². The van der Waals surface area contributed by atoms with Crippen LogP contribution in [0.3, 0.4) is 0 Å². The van der Waals surface area contributed by atoms with Gasteiger partial charge in [0, 0.05) is 6.61 Å². The Morgan fingerprint density at radius 3 is 2.75 bits per heavy atom. The van der Waals surface area contributed by atoms with Crippen LogP contribution in [0.4, 0.5) is 0 Å². The van der Waals surface area contributed by atoms with Gasteiger partial charge in [-0.1, -0.05) is 25.5 Å². The monoisotopic (exact) mass is 219 g/mol.